The summed E-state index contributed by atoms with van der Waals surface area (Å²) in [6, 6.07) is 10.2. The van der Waals surface area contributed by atoms with E-state index in [-0.39, 0.29) is 5.92 Å². The van der Waals surface area contributed by atoms with Crippen molar-refractivity contribution < 1.29 is 4.79 Å². The number of carbonyl (C=O) groups excluding carboxylic acids is 1. The van der Waals surface area contributed by atoms with Gasteiger partial charge in [0.15, 0.2) is 0 Å². The lowest BCUT2D eigenvalue weighted by molar-refractivity contribution is -0.121. The Morgan fingerprint density at radius 1 is 1.17 bits per heavy atom. The summed E-state index contributed by atoms with van der Waals surface area (Å²) in [4.78, 5) is 17.2. The summed E-state index contributed by atoms with van der Waals surface area (Å²) in [5, 5.41) is 4.23. The average molecular weight is 310 g/mol. The maximum atomic E-state index is 12.9. The quantitative estimate of drug-likeness (QED) is 0.864. The van der Waals surface area contributed by atoms with Crippen LogP contribution < -0.4 is 4.90 Å². The average Bonchev–Trinajstić information content (AvgIpc) is 3.32. The Bertz CT molecular complexity index is 682. The first kappa shape index (κ1) is 14.5. The third-order valence-corrected chi connectivity index (χ3v) is 4.98. The molecule has 1 atom stereocenters. The third-order valence-electron chi connectivity index (χ3n) is 4.98. The van der Waals surface area contributed by atoms with Gasteiger partial charge >= 0.3 is 0 Å². The molecule has 120 valence electrons. The summed E-state index contributed by atoms with van der Waals surface area (Å²) < 4.78 is 1.95. The second-order valence-electron chi connectivity index (χ2n) is 6.42. The summed E-state index contributed by atoms with van der Waals surface area (Å²) in [6.45, 7) is 4.57. The number of fused-ring (bicyclic) bond motifs is 1. The highest BCUT2D eigenvalue weighted by Crippen LogP contribution is 2.30. The van der Waals surface area contributed by atoms with Crippen molar-refractivity contribution in [1.82, 2.24) is 14.7 Å². The molecule has 0 saturated carbocycles. The van der Waals surface area contributed by atoms with Crippen molar-refractivity contribution in [2.24, 2.45) is 5.92 Å². The fourth-order valence-corrected chi connectivity index (χ4v) is 3.70. The topological polar surface area (TPSA) is 41.4 Å². The predicted molar refractivity (Wildman–Crippen MR) is 89.3 cm³/mol. The Hall–Kier alpha value is -2.14. The van der Waals surface area contributed by atoms with Crippen molar-refractivity contribution in [3.63, 3.8) is 0 Å². The molecule has 1 fully saturated rings. The van der Waals surface area contributed by atoms with Crippen molar-refractivity contribution in [2.75, 3.05) is 31.1 Å². The van der Waals surface area contributed by atoms with Crippen LogP contribution in [0.3, 0.4) is 0 Å². The molecule has 0 bridgehead atoms. The van der Waals surface area contributed by atoms with E-state index in [2.05, 4.69) is 28.2 Å². The van der Waals surface area contributed by atoms with E-state index < -0.39 is 0 Å². The number of amides is 1. The number of rotatable bonds is 4. The maximum absolute atomic E-state index is 12.9. The molecule has 2 aliphatic rings. The molecular formula is C18H22N4O. The molecule has 2 aromatic rings. The minimum atomic E-state index is 0.138. The third kappa shape index (κ3) is 2.88. The van der Waals surface area contributed by atoms with Crippen LogP contribution in [0.5, 0.6) is 0 Å². The lowest BCUT2D eigenvalue weighted by Crippen LogP contribution is -2.36. The van der Waals surface area contributed by atoms with E-state index >= 15 is 0 Å². The summed E-state index contributed by atoms with van der Waals surface area (Å²) in [5.41, 5.74) is 2.42. The molecule has 3 heterocycles. The van der Waals surface area contributed by atoms with Gasteiger partial charge in [-0.1, -0.05) is 18.2 Å². The molecule has 1 saturated heterocycles. The maximum Gasteiger partial charge on any atom is 0.231 e. The van der Waals surface area contributed by atoms with Gasteiger partial charge in [-0.25, -0.2) is 0 Å². The second kappa shape index (κ2) is 6.16. The number of para-hydroxylation sites is 1. The van der Waals surface area contributed by atoms with Crippen molar-refractivity contribution in [3.8, 4) is 0 Å². The van der Waals surface area contributed by atoms with E-state index in [1.807, 2.05) is 27.9 Å². The van der Waals surface area contributed by atoms with Crippen LogP contribution in [0, 0.1) is 5.92 Å². The van der Waals surface area contributed by atoms with E-state index in [4.69, 9.17) is 0 Å². The highest BCUT2D eigenvalue weighted by atomic mass is 16.2. The van der Waals surface area contributed by atoms with E-state index in [0.29, 0.717) is 5.91 Å². The standard InChI is InChI=1S/C18H22N4O/c23-18(22-11-7-15-4-1-2-5-17(15)22)16-6-10-20(14-16)12-13-21-9-3-8-19-21/h1-5,8-9,16H,6-7,10-14H2. The zero-order chi connectivity index (χ0) is 15.6. The van der Waals surface area contributed by atoms with Gasteiger partial charge in [-0.3, -0.25) is 9.48 Å². The van der Waals surface area contributed by atoms with Gasteiger partial charge in [0.05, 0.1) is 12.5 Å². The van der Waals surface area contributed by atoms with Crippen molar-refractivity contribution in [1.29, 1.82) is 0 Å². The van der Waals surface area contributed by atoms with Gasteiger partial charge in [-0.15, -0.1) is 0 Å². The zero-order valence-corrected chi connectivity index (χ0v) is 13.3. The molecule has 0 spiro atoms. The van der Waals surface area contributed by atoms with Crippen LogP contribution in [-0.2, 0) is 17.8 Å². The first-order chi connectivity index (χ1) is 11.3. The summed E-state index contributed by atoms with van der Waals surface area (Å²) >= 11 is 0. The minimum absolute atomic E-state index is 0.138. The number of benzene rings is 1. The van der Waals surface area contributed by atoms with Crippen LogP contribution >= 0.6 is 0 Å². The molecule has 1 aromatic heterocycles. The lowest BCUT2D eigenvalue weighted by Gasteiger charge is -2.22. The Labute approximate surface area is 136 Å². The molecule has 1 aromatic carbocycles. The number of nitrogens with zero attached hydrogens (tertiary/aromatic N) is 4. The van der Waals surface area contributed by atoms with Crippen molar-refractivity contribution >= 4 is 11.6 Å². The van der Waals surface area contributed by atoms with Gasteiger partial charge in [-0.05, 0) is 37.1 Å². The number of carbonyl (C=O) groups is 1. The van der Waals surface area contributed by atoms with Crippen molar-refractivity contribution in [3.05, 3.63) is 48.3 Å². The Kier molecular flexibility index (Phi) is 3.87. The predicted octanol–water partition coefficient (Wildman–Crippen LogP) is 1.79. The van der Waals surface area contributed by atoms with Gasteiger partial charge in [-0.2, -0.15) is 5.10 Å². The second-order valence-corrected chi connectivity index (χ2v) is 6.42. The van der Waals surface area contributed by atoms with Crippen LogP contribution in [0.2, 0.25) is 0 Å². The van der Waals surface area contributed by atoms with Gasteiger partial charge in [0.2, 0.25) is 5.91 Å². The van der Waals surface area contributed by atoms with Gasteiger partial charge < -0.3 is 9.80 Å². The molecular weight excluding hydrogens is 288 g/mol. The molecule has 1 amide bonds. The van der Waals surface area contributed by atoms with Crippen LogP contribution in [-0.4, -0.2) is 46.8 Å². The molecule has 0 N–H and O–H groups in total. The van der Waals surface area contributed by atoms with Gasteiger partial charge in [0.25, 0.3) is 0 Å². The Balaban J connectivity index is 1.35. The summed E-state index contributed by atoms with van der Waals surface area (Å²) in [7, 11) is 0. The van der Waals surface area contributed by atoms with E-state index in [9.17, 15) is 4.79 Å². The van der Waals surface area contributed by atoms with E-state index in [0.717, 1.165) is 51.3 Å². The number of likely N-dealkylation sites (tertiary alicyclic amines) is 1. The fourth-order valence-electron chi connectivity index (χ4n) is 3.70. The molecule has 0 radical (unpaired) electrons. The SMILES string of the molecule is O=C(C1CCN(CCn2cccn2)C1)N1CCc2ccccc21. The molecule has 5 nitrogen and oxygen atoms in total. The van der Waals surface area contributed by atoms with E-state index in [1.54, 1.807) is 6.20 Å². The molecule has 4 rings (SSSR count). The summed E-state index contributed by atoms with van der Waals surface area (Å²) in [6.07, 6.45) is 5.75. The number of aromatic nitrogens is 2. The molecule has 0 aliphatic carbocycles. The highest BCUT2D eigenvalue weighted by Gasteiger charge is 2.34. The summed E-state index contributed by atoms with van der Waals surface area (Å²) in [5.74, 6) is 0.440. The molecule has 2 aliphatic heterocycles. The van der Waals surface area contributed by atoms with Gasteiger partial charge in [0.1, 0.15) is 0 Å². The smallest absolute Gasteiger partial charge is 0.231 e. The first-order valence-corrected chi connectivity index (χ1v) is 8.40. The molecule has 5 heteroatoms. The van der Waals surface area contributed by atoms with Crippen molar-refractivity contribution in [2.45, 2.75) is 19.4 Å². The van der Waals surface area contributed by atoms with Crippen LogP contribution in [0.4, 0.5) is 5.69 Å². The van der Waals surface area contributed by atoms with Crippen LogP contribution in [0.1, 0.15) is 12.0 Å². The molecule has 23 heavy (non-hydrogen) atoms. The fraction of sp³-hybridized carbons (Fsp3) is 0.444. The number of anilines is 1. The highest BCUT2D eigenvalue weighted by molar-refractivity contribution is 5.97. The zero-order valence-electron chi connectivity index (χ0n) is 13.3. The van der Waals surface area contributed by atoms with Gasteiger partial charge in [0, 0.05) is 37.7 Å². The normalized spacial score (nSPS) is 20.9. The number of hydrogen-bond acceptors (Lipinski definition) is 3. The van der Waals surface area contributed by atoms with E-state index in [1.165, 1.54) is 5.56 Å². The van der Waals surface area contributed by atoms with Crippen LogP contribution in [0.15, 0.2) is 42.7 Å². The largest absolute Gasteiger partial charge is 0.312 e. The number of hydrogen-bond donors (Lipinski definition) is 0. The Morgan fingerprint density at radius 2 is 2.09 bits per heavy atom. The first-order valence-electron chi connectivity index (χ1n) is 8.40. The molecule has 1 unspecified atom stereocenters. The Morgan fingerprint density at radius 3 is 2.96 bits per heavy atom. The van der Waals surface area contributed by atoms with Crippen LogP contribution in [0.25, 0.3) is 0 Å². The monoisotopic (exact) mass is 310 g/mol. The lowest BCUT2D eigenvalue weighted by atomic mass is 10.1. The minimum Gasteiger partial charge on any atom is -0.312 e.